The molecule has 1 amide bonds. The number of aromatic nitrogens is 2. The number of nitrogens with one attached hydrogen (secondary N) is 2. The zero-order chi connectivity index (χ0) is 21.6. The van der Waals surface area contributed by atoms with Gasteiger partial charge in [0.25, 0.3) is 5.91 Å². The van der Waals surface area contributed by atoms with Gasteiger partial charge in [0.1, 0.15) is 11.5 Å². The van der Waals surface area contributed by atoms with Crippen molar-refractivity contribution in [2.24, 2.45) is 0 Å². The van der Waals surface area contributed by atoms with Gasteiger partial charge in [0.2, 0.25) is 0 Å². The second kappa shape index (κ2) is 9.59. The fraction of sp³-hybridized carbons (Fsp3) is 0.0870. The molecule has 8 heteroatoms. The molecular weight excluding hydrogens is 432 g/mol. The van der Waals surface area contributed by atoms with Crippen LogP contribution in [0.25, 0.3) is 0 Å². The molecule has 31 heavy (non-hydrogen) atoms. The highest BCUT2D eigenvalue weighted by Crippen LogP contribution is 2.30. The van der Waals surface area contributed by atoms with Crippen molar-refractivity contribution in [3.63, 3.8) is 0 Å². The molecule has 0 spiro atoms. The highest BCUT2D eigenvalue weighted by atomic mass is 35.5. The molecule has 0 fully saturated rings. The Morgan fingerprint density at radius 3 is 2.71 bits per heavy atom. The maximum absolute atomic E-state index is 12.6. The summed E-state index contributed by atoms with van der Waals surface area (Å²) in [6, 6.07) is 19.0. The summed E-state index contributed by atoms with van der Waals surface area (Å²) in [7, 11) is 0. The fourth-order valence-electron chi connectivity index (χ4n) is 2.84. The van der Waals surface area contributed by atoms with Crippen LogP contribution in [0.1, 0.15) is 20.8 Å². The maximum Gasteiger partial charge on any atom is 0.267 e. The second-order valence-corrected chi connectivity index (χ2v) is 8.10. The summed E-state index contributed by atoms with van der Waals surface area (Å²) in [6.07, 6.45) is 3.18. The topological polar surface area (TPSA) is 76.1 Å². The third kappa shape index (κ3) is 5.20. The molecular formula is C23H19ClN4O2S. The van der Waals surface area contributed by atoms with Crippen LogP contribution in [0, 0.1) is 6.92 Å². The normalized spacial score (nSPS) is 10.5. The Hall–Kier alpha value is -3.42. The van der Waals surface area contributed by atoms with Crippen LogP contribution in [0.3, 0.4) is 0 Å². The molecule has 0 aliphatic rings. The zero-order valence-corrected chi connectivity index (χ0v) is 18.2. The lowest BCUT2D eigenvalue weighted by Crippen LogP contribution is -2.11. The predicted molar refractivity (Wildman–Crippen MR) is 125 cm³/mol. The van der Waals surface area contributed by atoms with Gasteiger partial charge in [-0.15, -0.1) is 0 Å². The molecule has 156 valence electrons. The minimum absolute atomic E-state index is 0.275. The zero-order valence-electron chi connectivity index (χ0n) is 16.6. The number of rotatable bonds is 7. The standard InChI is InChI=1S/C23H19ClN4O2S/c1-15-7-5-10-17(24)20(15)27-22(29)19-13-26-23(31-19)28-21-18(11-6-12-25-21)30-14-16-8-3-2-4-9-16/h2-13H,14H2,1H3,(H,27,29)(H,25,26,28). The molecule has 2 N–H and O–H groups in total. The van der Waals surface area contributed by atoms with E-state index in [-0.39, 0.29) is 5.91 Å². The van der Waals surface area contributed by atoms with E-state index in [1.165, 1.54) is 17.5 Å². The van der Waals surface area contributed by atoms with E-state index in [9.17, 15) is 4.79 Å². The van der Waals surface area contributed by atoms with Crippen molar-refractivity contribution in [2.45, 2.75) is 13.5 Å². The van der Waals surface area contributed by atoms with Gasteiger partial charge in [0.15, 0.2) is 16.7 Å². The smallest absolute Gasteiger partial charge is 0.267 e. The van der Waals surface area contributed by atoms with E-state index in [1.54, 1.807) is 18.3 Å². The SMILES string of the molecule is Cc1cccc(Cl)c1NC(=O)c1cnc(Nc2ncccc2OCc2ccccc2)s1. The molecule has 2 aromatic carbocycles. The molecule has 2 aromatic heterocycles. The number of anilines is 3. The number of thiazole rings is 1. The molecule has 0 saturated heterocycles. The number of carbonyl (C=O) groups is 1. The van der Waals surface area contributed by atoms with E-state index < -0.39 is 0 Å². The van der Waals surface area contributed by atoms with Crippen molar-refractivity contribution >= 4 is 45.5 Å². The van der Waals surface area contributed by atoms with Crippen molar-refractivity contribution in [3.05, 3.63) is 94.1 Å². The number of halogens is 1. The summed E-state index contributed by atoms with van der Waals surface area (Å²) in [5.41, 5.74) is 2.54. The Kier molecular flexibility index (Phi) is 6.45. The summed E-state index contributed by atoms with van der Waals surface area (Å²) in [5, 5.41) is 7.01. The van der Waals surface area contributed by atoms with E-state index in [2.05, 4.69) is 20.6 Å². The minimum Gasteiger partial charge on any atom is -0.485 e. The van der Waals surface area contributed by atoms with Gasteiger partial charge in [-0.05, 0) is 36.2 Å². The Morgan fingerprint density at radius 1 is 1.06 bits per heavy atom. The van der Waals surface area contributed by atoms with E-state index in [0.717, 1.165) is 11.1 Å². The average Bonchev–Trinajstić information content (AvgIpc) is 3.25. The van der Waals surface area contributed by atoms with Crippen LogP contribution >= 0.6 is 22.9 Å². The number of carbonyl (C=O) groups excluding carboxylic acids is 1. The van der Waals surface area contributed by atoms with Crippen LogP contribution in [-0.4, -0.2) is 15.9 Å². The first-order chi connectivity index (χ1) is 15.1. The van der Waals surface area contributed by atoms with Gasteiger partial charge < -0.3 is 15.4 Å². The lowest BCUT2D eigenvalue weighted by molar-refractivity contribution is 0.103. The van der Waals surface area contributed by atoms with Gasteiger partial charge in [-0.25, -0.2) is 9.97 Å². The molecule has 0 atom stereocenters. The van der Waals surface area contributed by atoms with Crippen LogP contribution in [0.4, 0.5) is 16.6 Å². The van der Waals surface area contributed by atoms with E-state index in [1.807, 2.05) is 55.5 Å². The van der Waals surface area contributed by atoms with Crippen molar-refractivity contribution in [1.82, 2.24) is 9.97 Å². The number of hydrogen-bond donors (Lipinski definition) is 2. The quantitative estimate of drug-likeness (QED) is 0.357. The molecule has 6 nitrogen and oxygen atoms in total. The molecule has 4 rings (SSSR count). The Labute approximate surface area is 188 Å². The van der Waals surface area contributed by atoms with Crippen LogP contribution in [-0.2, 0) is 6.61 Å². The van der Waals surface area contributed by atoms with Crippen molar-refractivity contribution in [3.8, 4) is 5.75 Å². The van der Waals surface area contributed by atoms with Gasteiger partial charge in [0.05, 0.1) is 16.9 Å². The fourth-order valence-corrected chi connectivity index (χ4v) is 3.82. The first-order valence-electron chi connectivity index (χ1n) is 9.51. The van der Waals surface area contributed by atoms with Gasteiger partial charge in [-0.3, -0.25) is 4.79 Å². The van der Waals surface area contributed by atoms with Crippen LogP contribution < -0.4 is 15.4 Å². The van der Waals surface area contributed by atoms with Crippen molar-refractivity contribution in [1.29, 1.82) is 0 Å². The van der Waals surface area contributed by atoms with Gasteiger partial charge in [0, 0.05) is 6.20 Å². The lowest BCUT2D eigenvalue weighted by Gasteiger charge is -2.11. The molecule has 0 aliphatic heterocycles. The number of pyridine rings is 1. The van der Waals surface area contributed by atoms with E-state index in [4.69, 9.17) is 16.3 Å². The summed E-state index contributed by atoms with van der Waals surface area (Å²) in [4.78, 5) is 21.7. The lowest BCUT2D eigenvalue weighted by atomic mass is 10.2. The predicted octanol–water partition coefficient (Wildman–Crippen LogP) is 6.07. The second-order valence-electron chi connectivity index (χ2n) is 6.66. The molecule has 4 aromatic rings. The number of aryl methyl sites for hydroxylation is 1. The molecule has 2 heterocycles. The maximum atomic E-state index is 12.6. The Balaban J connectivity index is 1.45. The van der Waals surface area contributed by atoms with Crippen LogP contribution in [0.2, 0.25) is 5.02 Å². The van der Waals surface area contributed by atoms with Gasteiger partial charge in [-0.1, -0.05) is 65.4 Å². The largest absolute Gasteiger partial charge is 0.485 e. The summed E-state index contributed by atoms with van der Waals surface area (Å²) in [5.74, 6) is 0.851. The molecule has 0 saturated carbocycles. The Bertz CT molecular complexity index is 1180. The Morgan fingerprint density at radius 2 is 1.90 bits per heavy atom. The number of ether oxygens (including phenoxy) is 1. The van der Waals surface area contributed by atoms with E-state index in [0.29, 0.717) is 38.9 Å². The number of hydrogen-bond acceptors (Lipinski definition) is 6. The number of para-hydroxylation sites is 1. The third-order valence-electron chi connectivity index (χ3n) is 4.42. The monoisotopic (exact) mass is 450 g/mol. The summed E-state index contributed by atoms with van der Waals surface area (Å²) in [6.45, 7) is 2.31. The molecule has 0 aliphatic carbocycles. The van der Waals surface area contributed by atoms with Crippen molar-refractivity contribution < 1.29 is 9.53 Å². The highest BCUT2D eigenvalue weighted by Gasteiger charge is 2.15. The first-order valence-corrected chi connectivity index (χ1v) is 10.7. The molecule has 0 bridgehead atoms. The third-order valence-corrected chi connectivity index (χ3v) is 5.65. The first kappa shape index (κ1) is 20.8. The molecule has 0 unspecified atom stereocenters. The van der Waals surface area contributed by atoms with E-state index >= 15 is 0 Å². The summed E-state index contributed by atoms with van der Waals surface area (Å²) >= 11 is 7.42. The van der Waals surface area contributed by atoms with Gasteiger partial charge in [-0.2, -0.15) is 0 Å². The van der Waals surface area contributed by atoms with Crippen molar-refractivity contribution in [2.75, 3.05) is 10.6 Å². The average molecular weight is 451 g/mol. The minimum atomic E-state index is -0.275. The highest BCUT2D eigenvalue weighted by molar-refractivity contribution is 7.17. The number of nitrogens with zero attached hydrogens (tertiary/aromatic N) is 2. The van der Waals surface area contributed by atoms with Crippen LogP contribution in [0.5, 0.6) is 5.75 Å². The van der Waals surface area contributed by atoms with Crippen LogP contribution in [0.15, 0.2) is 73.1 Å². The molecule has 0 radical (unpaired) electrons. The number of amides is 1. The summed E-state index contributed by atoms with van der Waals surface area (Å²) < 4.78 is 5.91. The van der Waals surface area contributed by atoms with Gasteiger partial charge >= 0.3 is 0 Å². The number of benzene rings is 2.